The number of ether oxygens (including phenoxy) is 1. The van der Waals surface area contributed by atoms with Crippen molar-refractivity contribution in [2.75, 3.05) is 12.4 Å². The number of hydrogen-bond donors (Lipinski definition) is 3. The molecule has 0 aromatic carbocycles. The summed E-state index contributed by atoms with van der Waals surface area (Å²) < 4.78 is 25.9. The molecule has 1 aliphatic heterocycles. The van der Waals surface area contributed by atoms with Crippen molar-refractivity contribution in [2.24, 2.45) is 0 Å². The minimum Gasteiger partial charge on any atom is -0.390 e. The molecule has 0 bridgehead atoms. The average molecular weight is 427 g/mol. The number of nitrogens with one attached hydrogen (secondary N) is 1. The van der Waals surface area contributed by atoms with Gasteiger partial charge >= 0.3 is 7.60 Å². The molecule has 0 saturated carbocycles. The molecule has 29 heavy (non-hydrogen) atoms. The minimum absolute atomic E-state index is 0.273. The molecule has 0 amide bonds. The van der Waals surface area contributed by atoms with Crippen molar-refractivity contribution in [3.8, 4) is 0 Å². The van der Waals surface area contributed by atoms with E-state index < -0.39 is 37.3 Å². The molecule has 3 rings (SSSR count). The van der Waals surface area contributed by atoms with Crippen molar-refractivity contribution in [1.82, 2.24) is 19.5 Å². The van der Waals surface area contributed by atoms with Crippen molar-refractivity contribution in [3.63, 3.8) is 0 Å². The van der Waals surface area contributed by atoms with Crippen LogP contribution >= 0.6 is 7.60 Å². The number of imidazole rings is 1. The minimum atomic E-state index is -3.76. The van der Waals surface area contributed by atoms with E-state index in [0.29, 0.717) is 29.8 Å². The van der Waals surface area contributed by atoms with Crippen molar-refractivity contribution in [3.05, 3.63) is 12.7 Å². The predicted molar refractivity (Wildman–Crippen MR) is 109 cm³/mol. The molecule has 5 atom stereocenters. The Kier molecular flexibility index (Phi) is 6.31. The monoisotopic (exact) mass is 427 g/mol. The largest absolute Gasteiger partial charge is 0.390 e. The van der Waals surface area contributed by atoms with Gasteiger partial charge in [-0.15, -0.1) is 0 Å². The zero-order chi connectivity index (χ0) is 21.4. The molecule has 3 heterocycles. The molecular formula is C18H30N5O5P. The van der Waals surface area contributed by atoms with E-state index in [-0.39, 0.29) is 6.42 Å². The Bertz CT molecular complexity index is 904. The van der Waals surface area contributed by atoms with E-state index in [9.17, 15) is 14.6 Å². The van der Waals surface area contributed by atoms with E-state index in [2.05, 4.69) is 20.3 Å². The third-order valence-corrected chi connectivity index (χ3v) is 7.56. The van der Waals surface area contributed by atoms with Crippen molar-refractivity contribution in [1.29, 1.82) is 0 Å². The van der Waals surface area contributed by atoms with Gasteiger partial charge in [-0.2, -0.15) is 0 Å². The van der Waals surface area contributed by atoms with Crippen LogP contribution in [0.25, 0.3) is 11.2 Å². The first-order chi connectivity index (χ1) is 13.6. The van der Waals surface area contributed by atoms with Crippen LogP contribution in [0.5, 0.6) is 0 Å². The SMILES string of the molecule is CCC(C)P(=O)(O)OC(C)(C)CC1OC(n2cnc3c(NC)ncnc32)CC1O. The second-order valence-corrected chi connectivity index (χ2v) is 10.3. The van der Waals surface area contributed by atoms with Gasteiger partial charge in [0.25, 0.3) is 0 Å². The Morgan fingerprint density at radius 2 is 2.17 bits per heavy atom. The summed E-state index contributed by atoms with van der Waals surface area (Å²) in [5.74, 6) is 0.613. The highest BCUT2D eigenvalue weighted by molar-refractivity contribution is 7.53. The molecule has 1 fully saturated rings. The molecule has 2 aromatic heterocycles. The maximum absolute atomic E-state index is 12.5. The molecule has 0 spiro atoms. The first kappa shape index (κ1) is 22.1. The summed E-state index contributed by atoms with van der Waals surface area (Å²) in [6.45, 7) is 7.01. The van der Waals surface area contributed by atoms with Crippen molar-refractivity contribution >= 4 is 24.6 Å². The number of aliphatic hydroxyl groups excluding tert-OH is 1. The third kappa shape index (κ3) is 4.62. The molecule has 5 unspecified atom stereocenters. The zero-order valence-corrected chi connectivity index (χ0v) is 18.3. The van der Waals surface area contributed by atoms with Crippen LogP contribution in [-0.2, 0) is 13.8 Å². The van der Waals surface area contributed by atoms with Gasteiger partial charge in [0.2, 0.25) is 0 Å². The van der Waals surface area contributed by atoms with Crippen LogP contribution in [0, 0.1) is 0 Å². The number of rotatable bonds is 8. The number of anilines is 1. The van der Waals surface area contributed by atoms with E-state index >= 15 is 0 Å². The first-order valence-corrected chi connectivity index (χ1v) is 11.4. The predicted octanol–water partition coefficient (Wildman–Crippen LogP) is 2.69. The van der Waals surface area contributed by atoms with Gasteiger partial charge in [0.15, 0.2) is 11.5 Å². The van der Waals surface area contributed by atoms with Crippen LogP contribution in [0.3, 0.4) is 0 Å². The van der Waals surface area contributed by atoms with E-state index in [4.69, 9.17) is 9.26 Å². The van der Waals surface area contributed by atoms with Crippen LogP contribution in [0.4, 0.5) is 5.82 Å². The summed E-state index contributed by atoms with van der Waals surface area (Å²) >= 11 is 0. The highest BCUT2D eigenvalue weighted by Gasteiger charge is 2.42. The van der Waals surface area contributed by atoms with E-state index in [1.165, 1.54) is 6.33 Å². The normalized spacial score (nSPS) is 25.8. The summed E-state index contributed by atoms with van der Waals surface area (Å²) in [4.78, 5) is 23.0. The molecule has 0 aliphatic carbocycles. The van der Waals surface area contributed by atoms with Crippen LogP contribution in [-0.4, -0.2) is 60.0 Å². The Hall–Kier alpha value is -1.58. The maximum Gasteiger partial charge on any atom is 0.331 e. The smallest absolute Gasteiger partial charge is 0.331 e. The van der Waals surface area contributed by atoms with Crippen LogP contribution < -0.4 is 5.32 Å². The topological polar surface area (TPSA) is 132 Å². The molecule has 2 aromatic rings. The summed E-state index contributed by atoms with van der Waals surface area (Å²) in [5.41, 5.74) is -0.168. The Morgan fingerprint density at radius 3 is 2.83 bits per heavy atom. The number of hydrogen-bond acceptors (Lipinski definition) is 8. The fourth-order valence-electron chi connectivity index (χ4n) is 3.51. The van der Waals surface area contributed by atoms with E-state index in [1.807, 2.05) is 6.92 Å². The lowest BCUT2D eigenvalue weighted by Gasteiger charge is -2.32. The van der Waals surface area contributed by atoms with E-state index in [0.717, 1.165) is 0 Å². The molecule has 10 nitrogen and oxygen atoms in total. The van der Waals surface area contributed by atoms with Gasteiger partial charge in [-0.05, 0) is 20.3 Å². The van der Waals surface area contributed by atoms with Crippen molar-refractivity contribution in [2.45, 2.75) is 76.7 Å². The van der Waals surface area contributed by atoms with Gasteiger partial charge in [-0.1, -0.05) is 13.8 Å². The van der Waals surface area contributed by atoms with Gasteiger partial charge in [0.1, 0.15) is 18.1 Å². The number of aliphatic hydroxyl groups is 1. The summed E-state index contributed by atoms with van der Waals surface area (Å²) in [5, 5.41) is 13.5. The number of nitrogens with zero attached hydrogens (tertiary/aromatic N) is 4. The average Bonchev–Trinajstić information content (AvgIpc) is 3.23. The Balaban J connectivity index is 1.74. The van der Waals surface area contributed by atoms with Crippen LogP contribution in [0.2, 0.25) is 0 Å². The number of fused-ring (bicyclic) bond motifs is 1. The zero-order valence-electron chi connectivity index (χ0n) is 17.4. The third-order valence-electron chi connectivity index (χ3n) is 5.33. The van der Waals surface area contributed by atoms with Gasteiger partial charge in [-0.25, -0.2) is 15.0 Å². The molecule has 1 saturated heterocycles. The quantitative estimate of drug-likeness (QED) is 0.544. The van der Waals surface area contributed by atoms with Gasteiger partial charge in [0, 0.05) is 19.9 Å². The number of aromatic nitrogens is 4. The van der Waals surface area contributed by atoms with E-state index in [1.54, 1.807) is 38.7 Å². The van der Waals surface area contributed by atoms with Gasteiger partial charge in [0.05, 0.1) is 29.8 Å². The van der Waals surface area contributed by atoms with Gasteiger partial charge in [-0.3, -0.25) is 9.13 Å². The molecule has 11 heteroatoms. The first-order valence-electron chi connectivity index (χ1n) is 9.80. The van der Waals surface area contributed by atoms with Crippen molar-refractivity contribution < 1.29 is 23.8 Å². The molecule has 0 radical (unpaired) electrons. The lowest BCUT2D eigenvalue weighted by Crippen LogP contribution is -2.34. The molecular weight excluding hydrogens is 397 g/mol. The van der Waals surface area contributed by atoms with Crippen LogP contribution in [0.15, 0.2) is 12.7 Å². The summed E-state index contributed by atoms with van der Waals surface area (Å²) in [7, 11) is -2.01. The molecule has 1 aliphatic rings. The Morgan fingerprint density at radius 1 is 1.45 bits per heavy atom. The van der Waals surface area contributed by atoms with Gasteiger partial charge < -0.3 is 24.6 Å². The fraction of sp³-hybridized carbons (Fsp3) is 0.722. The maximum atomic E-state index is 12.5. The summed E-state index contributed by atoms with van der Waals surface area (Å²) in [6.07, 6.45) is 2.49. The standard InChI is InChI=1S/C18H30N5O5P/c1-6-11(2)29(25,26)28-18(3,4)8-13-12(24)7-14(27-13)23-10-22-15-16(19-5)20-9-21-17(15)23/h9-14,24H,6-8H2,1-5H3,(H,25,26)(H,19,20,21). The molecule has 3 N–H and O–H groups in total. The van der Waals surface area contributed by atoms with Crippen LogP contribution in [0.1, 0.15) is 53.2 Å². The fourth-order valence-corrected chi connectivity index (χ4v) is 4.94. The second-order valence-electron chi connectivity index (χ2n) is 8.11. The lowest BCUT2D eigenvalue weighted by atomic mass is 9.98. The molecule has 162 valence electrons. The lowest BCUT2D eigenvalue weighted by molar-refractivity contribution is -0.0557. The summed E-state index contributed by atoms with van der Waals surface area (Å²) in [6, 6.07) is 0. The Labute approximate surface area is 170 Å². The highest BCUT2D eigenvalue weighted by atomic mass is 31.2. The highest BCUT2D eigenvalue weighted by Crippen LogP contribution is 2.53. The second kappa shape index (κ2) is 8.28.